The number of nitrogens with two attached hydrogens (primary N) is 1. The standard InChI is InChI=1S/C15H13FN8/c16-11-3-1-10(2-4-11)5-24-7-12(21-22-24)6-23-9-20-13-14(17)18-8-19-15(13)23/h1-4,7-9H,5-6H2,(H2,17,18,19). The van der Waals surface area contributed by atoms with Gasteiger partial charge in [-0.25, -0.2) is 24.0 Å². The molecule has 0 fully saturated rings. The predicted octanol–water partition coefficient (Wildman–Crippen LogP) is 1.24. The SMILES string of the molecule is Nc1ncnc2c1ncn2Cc1cn(Cc2ccc(F)cc2)nn1. The first kappa shape index (κ1) is 14.2. The van der Waals surface area contributed by atoms with Gasteiger partial charge in [0.25, 0.3) is 0 Å². The Kier molecular flexibility index (Phi) is 3.38. The molecule has 1 aromatic carbocycles. The summed E-state index contributed by atoms with van der Waals surface area (Å²) in [7, 11) is 0. The number of imidazole rings is 1. The van der Waals surface area contributed by atoms with Crippen LogP contribution in [0.4, 0.5) is 10.2 Å². The fourth-order valence-corrected chi connectivity index (χ4v) is 2.45. The van der Waals surface area contributed by atoms with Gasteiger partial charge in [0.15, 0.2) is 11.5 Å². The molecule has 0 unspecified atom stereocenters. The molecule has 0 saturated heterocycles. The maximum atomic E-state index is 12.9. The third-order valence-corrected chi connectivity index (χ3v) is 3.61. The molecule has 0 spiro atoms. The highest BCUT2D eigenvalue weighted by Gasteiger charge is 2.10. The van der Waals surface area contributed by atoms with Crippen molar-refractivity contribution >= 4 is 17.0 Å². The molecule has 0 aliphatic carbocycles. The van der Waals surface area contributed by atoms with Crippen LogP contribution in [-0.2, 0) is 13.1 Å². The second-order valence-corrected chi connectivity index (χ2v) is 5.34. The lowest BCUT2D eigenvalue weighted by Gasteiger charge is -2.01. The summed E-state index contributed by atoms with van der Waals surface area (Å²) in [6.45, 7) is 0.990. The molecular weight excluding hydrogens is 311 g/mol. The minimum absolute atomic E-state index is 0.258. The molecule has 0 atom stereocenters. The zero-order chi connectivity index (χ0) is 16.5. The third-order valence-electron chi connectivity index (χ3n) is 3.61. The number of rotatable bonds is 4. The highest BCUT2D eigenvalue weighted by Crippen LogP contribution is 2.15. The Hall–Kier alpha value is -3.36. The van der Waals surface area contributed by atoms with Crippen LogP contribution >= 0.6 is 0 Å². The molecule has 24 heavy (non-hydrogen) atoms. The minimum atomic E-state index is -0.258. The van der Waals surface area contributed by atoms with Crippen LogP contribution in [0, 0.1) is 5.82 Å². The Morgan fingerprint density at radius 2 is 1.88 bits per heavy atom. The molecule has 8 nitrogen and oxygen atoms in total. The van der Waals surface area contributed by atoms with Crippen LogP contribution in [-0.4, -0.2) is 34.5 Å². The smallest absolute Gasteiger partial charge is 0.165 e. The van der Waals surface area contributed by atoms with Gasteiger partial charge >= 0.3 is 0 Å². The molecule has 4 aromatic rings. The lowest BCUT2D eigenvalue weighted by molar-refractivity contribution is 0.621. The van der Waals surface area contributed by atoms with Gasteiger partial charge < -0.3 is 10.3 Å². The lowest BCUT2D eigenvalue weighted by Crippen LogP contribution is -2.01. The van der Waals surface area contributed by atoms with E-state index in [2.05, 4.69) is 25.3 Å². The molecule has 0 aliphatic rings. The highest BCUT2D eigenvalue weighted by atomic mass is 19.1. The van der Waals surface area contributed by atoms with E-state index in [1.807, 2.05) is 10.8 Å². The molecular formula is C15H13FN8. The Bertz CT molecular complexity index is 988. The van der Waals surface area contributed by atoms with E-state index in [4.69, 9.17) is 5.73 Å². The van der Waals surface area contributed by atoms with Gasteiger partial charge in [0.2, 0.25) is 0 Å². The van der Waals surface area contributed by atoms with Crippen molar-refractivity contribution in [3.63, 3.8) is 0 Å². The van der Waals surface area contributed by atoms with Crippen LogP contribution in [0.5, 0.6) is 0 Å². The van der Waals surface area contributed by atoms with Gasteiger partial charge in [-0.3, -0.25) is 0 Å². The molecule has 0 amide bonds. The second kappa shape index (κ2) is 5.69. The maximum Gasteiger partial charge on any atom is 0.165 e. The zero-order valence-corrected chi connectivity index (χ0v) is 12.5. The van der Waals surface area contributed by atoms with Gasteiger partial charge in [-0.15, -0.1) is 5.10 Å². The molecule has 4 rings (SSSR count). The van der Waals surface area contributed by atoms with E-state index in [0.717, 1.165) is 11.3 Å². The topological polar surface area (TPSA) is 100 Å². The number of nitrogens with zero attached hydrogens (tertiary/aromatic N) is 7. The molecule has 0 bridgehead atoms. The number of halogens is 1. The van der Waals surface area contributed by atoms with E-state index in [1.54, 1.807) is 23.1 Å². The summed E-state index contributed by atoms with van der Waals surface area (Å²) in [5.41, 5.74) is 8.70. The first-order chi connectivity index (χ1) is 11.7. The fraction of sp³-hybridized carbons (Fsp3) is 0.133. The van der Waals surface area contributed by atoms with E-state index >= 15 is 0 Å². The van der Waals surface area contributed by atoms with Crippen molar-refractivity contribution in [3.05, 3.63) is 60.2 Å². The van der Waals surface area contributed by atoms with Gasteiger partial charge in [-0.1, -0.05) is 17.3 Å². The van der Waals surface area contributed by atoms with Crippen LogP contribution in [0.25, 0.3) is 11.2 Å². The van der Waals surface area contributed by atoms with Gasteiger partial charge in [0, 0.05) is 0 Å². The van der Waals surface area contributed by atoms with Crippen molar-refractivity contribution in [1.29, 1.82) is 0 Å². The Morgan fingerprint density at radius 1 is 1.04 bits per heavy atom. The molecule has 0 saturated carbocycles. The average Bonchev–Trinajstić information content (AvgIpc) is 3.19. The van der Waals surface area contributed by atoms with Gasteiger partial charge in [0.05, 0.1) is 25.6 Å². The number of hydrogen-bond donors (Lipinski definition) is 1. The number of anilines is 1. The van der Waals surface area contributed by atoms with Crippen molar-refractivity contribution in [3.8, 4) is 0 Å². The summed E-state index contributed by atoms with van der Waals surface area (Å²) in [6, 6.07) is 6.29. The van der Waals surface area contributed by atoms with Crippen molar-refractivity contribution in [2.75, 3.05) is 5.73 Å². The molecule has 9 heteroatoms. The summed E-state index contributed by atoms with van der Waals surface area (Å²) in [4.78, 5) is 12.3. The van der Waals surface area contributed by atoms with E-state index in [0.29, 0.717) is 30.1 Å². The molecule has 3 heterocycles. The van der Waals surface area contributed by atoms with E-state index in [1.165, 1.54) is 18.5 Å². The second-order valence-electron chi connectivity index (χ2n) is 5.34. The molecule has 3 aromatic heterocycles. The number of nitrogen functional groups attached to an aromatic ring is 1. The summed E-state index contributed by atoms with van der Waals surface area (Å²) in [5, 5.41) is 8.24. The summed E-state index contributed by atoms with van der Waals surface area (Å²) < 4.78 is 16.5. The Balaban J connectivity index is 1.54. The number of benzene rings is 1. The van der Waals surface area contributed by atoms with Crippen molar-refractivity contribution in [2.24, 2.45) is 0 Å². The van der Waals surface area contributed by atoms with Crippen molar-refractivity contribution in [1.82, 2.24) is 34.5 Å². The summed E-state index contributed by atoms with van der Waals surface area (Å²) in [6.07, 6.45) is 4.88. The average molecular weight is 324 g/mol. The molecule has 120 valence electrons. The van der Waals surface area contributed by atoms with E-state index < -0.39 is 0 Å². The minimum Gasteiger partial charge on any atom is -0.382 e. The Labute approximate surface area is 135 Å². The summed E-state index contributed by atoms with van der Waals surface area (Å²) in [5.74, 6) is 0.0880. The first-order valence-corrected chi connectivity index (χ1v) is 7.24. The van der Waals surface area contributed by atoms with Crippen LogP contribution in [0.3, 0.4) is 0 Å². The van der Waals surface area contributed by atoms with Crippen molar-refractivity contribution in [2.45, 2.75) is 13.1 Å². The van der Waals surface area contributed by atoms with E-state index in [9.17, 15) is 4.39 Å². The third kappa shape index (κ3) is 2.67. The molecule has 0 radical (unpaired) electrons. The summed E-state index contributed by atoms with van der Waals surface area (Å²) >= 11 is 0. The monoisotopic (exact) mass is 324 g/mol. The van der Waals surface area contributed by atoms with Gasteiger partial charge in [-0.2, -0.15) is 0 Å². The van der Waals surface area contributed by atoms with Crippen LogP contribution < -0.4 is 5.73 Å². The van der Waals surface area contributed by atoms with Crippen LogP contribution in [0.15, 0.2) is 43.1 Å². The van der Waals surface area contributed by atoms with Gasteiger partial charge in [0.1, 0.15) is 23.4 Å². The zero-order valence-electron chi connectivity index (χ0n) is 12.5. The quantitative estimate of drug-likeness (QED) is 0.606. The van der Waals surface area contributed by atoms with E-state index in [-0.39, 0.29) is 5.82 Å². The van der Waals surface area contributed by atoms with Crippen molar-refractivity contribution < 1.29 is 4.39 Å². The predicted molar refractivity (Wildman–Crippen MR) is 84.4 cm³/mol. The first-order valence-electron chi connectivity index (χ1n) is 7.24. The molecule has 0 aliphatic heterocycles. The normalized spacial score (nSPS) is 11.2. The van der Waals surface area contributed by atoms with Gasteiger partial charge in [-0.05, 0) is 17.7 Å². The maximum absolute atomic E-state index is 12.9. The lowest BCUT2D eigenvalue weighted by atomic mass is 10.2. The largest absolute Gasteiger partial charge is 0.382 e. The highest BCUT2D eigenvalue weighted by molar-refractivity contribution is 5.81. The number of hydrogen-bond acceptors (Lipinski definition) is 6. The van der Waals surface area contributed by atoms with Crippen LogP contribution in [0.1, 0.15) is 11.3 Å². The molecule has 2 N–H and O–H groups in total. The number of fused-ring (bicyclic) bond motifs is 1. The number of aromatic nitrogens is 7. The Morgan fingerprint density at radius 3 is 2.71 bits per heavy atom. The van der Waals surface area contributed by atoms with Crippen LogP contribution in [0.2, 0.25) is 0 Å². The fourth-order valence-electron chi connectivity index (χ4n) is 2.45.